The predicted molar refractivity (Wildman–Crippen MR) is 128 cm³/mol. The second-order valence-electron chi connectivity index (χ2n) is 7.61. The van der Waals surface area contributed by atoms with E-state index in [1.54, 1.807) is 34.9 Å². The summed E-state index contributed by atoms with van der Waals surface area (Å²) in [4.78, 5) is 28.5. The SMILES string of the molecule is CCn1cc(-c2cc(C(F)(F)F)nc3sc(C(N)=O)c(NC(=O)CCn4cc(Br)cn4)c23)c(C)n1. The highest BCUT2D eigenvalue weighted by molar-refractivity contribution is 9.10. The predicted octanol–water partition coefficient (Wildman–Crippen LogP) is 4.59. The normalized spacial score (nSPS) is 11.8. The average molecular weight is 570 g/mol. The van der Waals surface area contributed by atoms with E-state index in [1.807, 2.05) is 6.92 Å². The van der Waals surface area contributed by atoms with Crippen molar-refractivity contribution in [3.63, 3.8) is 0 Å². The molecule has 4 aromatic heterocycles. The van der Waals surface area contributed by atoms with E-state index in [0.717, 1.165) is 10.5 Å². The van der Waals surface area contributed by atoms with Gasteiger partial charge in [0.05, 0.1) is 22.1 Å². The number of fused-ring (bicyclic) bond motifs is 1. The molecule has 0 saturated carbocycles. The van der Waals surface area contributed by atoms with Crippen LogP contribution in [0.1, 0.15) is 34.4 Å². The Kier molecular flexibility index (Phi) is 6.68. The number of amides is 2. The summed E-state index contributed by atoms with van der Waals surface area (Å²) in [5.41, 5.74) is 5.49. The molecular formula is C21H19BrF3N7O2S. The molecule has 0 aliphatic carbocycles. The van der Waals surface area contributed by atoms with E-state index >= 15 is 0 Å². The van der Waals surface area contributed by atoms with Gasteiger partial charge in [-0.1, -0.05) is 0 Å². The van der Waals surface area contributed by atoms with Crippen molar-refractivity contribution in [1.29, 1.82) is 0 Å². The molecule has 9 nitrogen and oxygen atoms in total. The third kappa shape index (κ3) is 5.07. The van der Waals surface area contributed by atoms with Crippen molar-refractivity contribution in [2.45, 2.75) is 39.5 Å². The summed E-state index contributed by atoms with van der Waals surface area (Å²) in [6.45, 7) is 4.27. The van der Waals surface area contributed by atoms with Gasteiger partial charge in [0.2, 0.25) is 5.91 Å². The van der Waals surface area contributed by atoms with Crippen LogP contribution in [0.15, 0.2) is 29.1 Å². The smallest absolute Gasteiger partial charge is 0.365 e. The van der Waals surface area contributed by atoms with Crippen LogP contribution < -0.4 is 11.1 Å². The summed E-state index contributed by atoms with van der Waals surface area (Å²) in [6, 6.07) is 0.904. The highest BCUT2D eigenvalue weighted by Crippen LogP contribution is 2.44. The number of hydrogen-bond donors (Lipinski definition) is 2. The van der Waals surface area contributed by atoms with E-state index in [9.17, 15) is 22.8 Å². The van der Waals surface area contributed by atoms with Crippen LogP contribution in [0.25, 0.3) is 21.3 Å². The first-order valence-electron chi connectivity index (χ1n) is 10.3. The lowest BCUT2D eigenvalue weighted by molar-refractivity contribution is -0.140. The van der Waals surface area contributed by atoms with Crippen molar-refractivity contribution in [3.05, 3.63) is 45.4 Å². The Morgan fingerprint density at radius 1 is 1.23 bits per heavy atom. The quantitative estimate of drug-likeness (QED) is 0.337. The molecule has 0 saturated heterocycles. The van der Waals surface area contributed by atoms with Gasteiger partial charge in [0.1, 0.15) is 15.4 Å². The number of alkyl halides is 3. The van der Waals surface area contributed by atoms with E-state index < -0.39 is 23.7 Å². The van der Waals surface area contributed by atoms with E-state index in [-0.39, 0.29) is 39.3 Å². The van der Waals surface area contributed by atoms with E-state index in [4.69, 9.17) is 5.73 Å². The summed E-state index contributed by atoms with van der Waals surface area (Å²) < 4.78 is 44.9. The molecule has 0 fully saturated rings. The van der Waals surface area contributed by atoms with Crippen LogP contribution in [0.4, 0.5) is 18.9 Å². The highest BCUT2D eigenvalue weighted by atomic mass is 79.9. The lowest BCUT2D eigenvalue weighted by atomic mass is 10.0. The second-order valence-corrected chi connectivity index (χ2v) is 9.52. The zero-order valence-electron chi connectivity index (χ0n) is 18.5. The number of carbonyl (C=O) groups is 2. The molecule has 0 bridgehead atoms. The molecule has 0 aliphatic heterocycles. The Morgan fingerprint density at radius 3 is 2.54 bits per heavy atom. The highest BCUT2D eigenvalue weighted by Gasteiger charge is 2.35. The molecule has 0 aliphatic rings. The summed E-state index contributed by atoms with van der Waals surface area (Å²) in [5, 5.41) is 11.3. The molecule has 0 unspecified atom stereocenters. The maximum atomic E-state index is 13.7. The first-order valence-corrected chi connectivity index (χ1v) is 12.0. The average Bonchev–Trinajstić information content (AvgIpc) is 3.48. The number of aromatic nitrogens is 5. The van der Waals surface area contributed by atoms with Crippen molar-refractivity contribution in [3.8, 4) is 11.1 Å². The minimum atomic E-state index is -4.73. The molecule has 184 valence electrons. The van der Waals surface area contributed by atoms with Crippen molar-refractivity contribution in [2.24, 2.45) is 5.73 Å². The van der Waals surface area contributed by atoms with Crippen LogP contribution in [0.2, 0.25) is 0 Å². The number of primary amides is 1. The topological polar surface area (TPSA) is 121 Å². The van der Waals surface area contributed by atoms with Gasteiger partial charge in [-0.25, -0.2) is 4.98 Å². The molecule has 0 aromatic carbocycles. The third-order valence-electron chi connectivity index (χ3n) is 5.17. The maximum absolute atomic E-state index is 13.7. The molecule has 0 atom stereocenters. The number of pyridine rings is 1. The number of rotatable bonds is 7. The van der Waals surface area contributed by atoms with E-state index in [0.29, 0.717) is 29.1 Å². The molecule has 0 spiro atoms. The van der Waals surface area contributed by atoms with Crippen LogP contribution >= 0.6 is 27.3 Å². The summed E-state index contributed by atoms with van der Waals surface area (Å²) in [5.74, 6) is -1.36. The molecule has 35 heavy (non-hydrogen) atoms. The number of nitrogens with one attached hydrogen (secondary N) is 1. The number of halogens is 4. The summed E-state index contributed by atoms with van der Waals surface area (Å²) in [6.07, 6.45) is 0.157. The first-order chi connectivity index (χ1) is 16.5. The Bertz CT molecular complexity index is 1440. The van der Waals surface area contributed by atoms with Gasteiger partial charge < -0.3 is 11.1 Å². The molecule has 0 radical (unpaired) electrons. The molecule has 4 heterocycles. The van der Waals surface area contributed by atoms with Crippen LogP contribution in [0, 0.1) is 6.92 Å². The largest absolute Gasteiger partial charge is 0.433 e. The van der Waals surface area contributed by atoms with E-state index in [1.165, 1.54) is 0 Å². The van der Waals surface area contributed by atoms with Gasteiger partial charge in [0.15, 0.2) is 0 Å². The van der Waals surface area contributed by atoms with E-state index in [2.05, 4.69) is 36.4 Å². The Balaban J connectivity index is 1.85. The fraction of sp³-hybridized carbons (Fsp3) is 0.286. The Hall–Kier alpha value is -3.26. The van der Waals surface area contributed by atoms with Crippen molar-refractivity contribution < 1.29 is 22.8 Å². The van der Waals surface area contributed by atoms with Gasteiger partial charge in [0, 0.05) is 42.9 Å². The Morgan fingerprint density at radius 2 is 1.97 bits per heavy atom. The van der Waals surface area contributed by atoms with Crippen LogP contribution in [0.3, 0.4) is 0 Å². The molecular weight excluding hydrogens is 551 g/mol. The molecule has 14 heteroatoms. The van der Waals surface area contributed by atoms with Gasteiger partial charge >= 0.3 is 6.18 Å². The molecule has 2 amide bonds. The zero-order chi connectivity index (χ0) is 25.5. The minimum absolute atomic E-state index is 0.000145. The van der Waals surface area contributed by atoms with Crippen LogP contribution in [-0.4, -0.2) is 36.4 Å². The molecule has 3 N–H and O–H groups in total. The van der Waals surface area contributed by atoms with Gasteiger partial charge in [-0.3, -0.25) is 19.0 Å². The van der Waals surface area contributed by atoms with Crippen molar-refractivity contribution in [1.82, 2.24) is 24.5 Å². The maximum Gasteiger partial charge on any atom is 0.433 e. The minimum Gasteiger partial charge on any atom is -0.365 e. The number of hydrogen-bond acceptors (Lipinski definition) is 6. The molecule has 4 aromatic rings. The van der Waals surface area contributed by atoms with Crippen molar-refractivity contribution >= 4 is 55.0 Å². The number of nitrogens with zero attached hydrogens (tertiary/aromatic N) is 5. The van der Waals surface area contributed by atoms with Crippen LogP contribution in [-0.2, 0) is 24.1 Å². The number of thiophene rings is 1. The zero-order valence-corrected chi connectivity index (χ0v) is 20.9. The van der Waals surface area contributed by atoms with Crippen LogP contribution in [0.5, 0.6) is 0 Å². The van der Waals surface area contributed by atoms with Gasteiger partial charge in [0.25, 0.3) is 5.91 Å². The number of aryl methyl sites for hydroxylation is 3. The summed E-state index contributed by atoms with van der Waals surface area (Å²) >= 11 is 3.97. The number of carbonyl (C=O) groups excluding carboxylic acids is 2. The van der Waals surface area contributed by atoms with Gasteiger partial charge in [-0.2, -0.15) is 23.4 Å². The number of anilines is 1. The fourth-order valence-corrected chi connectivity index (χ4v) is 4.91. The number of nitrogens with two attached hydrogens (primary N) is 1. The fourth-order valence-electron chi connectivity index (χ4n) is 3.57. The molecule has 4 rings (SSSR count). The lowest BCUT2D eigenvalue weighted by Crippen LogP contribution is -2.18. The lowest BCUT2D eigenvalue weighted by Gasteiger charge is -2.12. The summed E-state index contributed by atoms with van der Waals surface area (Å²) in [7, 11) is 0. The second kappa shape index (κ2) is 9.41. The third-order valence-corrected chi connectivity index (χ3v) is 6.68. The standard InChI is InChI=1S/C21H19BrF3N7O2S/c1-3-31-9-13(10(2)30-31)12-6-14(21(23,24)25)28-20-16(12)17(18(35-20)19(26)34)29-15(33)4-5-32-8-11(22)7-27-32/h6-9H,3-5H2,1-2H3,(H2,26,34)(H,29,33). The monoisotopic (exact) mass is 569 g/mol. The van der Waals surface area contributed by atoms with Crippen molar-refractivity contribution in [2.75, 3.05) is 5.32 Å². The first kappa shape index (κ1) is 24.9. The van der Waals surface area contributed by atoms with Gasteiger partial charge in [-0.15, -0.1) is 11.3 Å². The van der Waals surface area contributed by atoms with Gasteiger partial charge in [-0.05, 0) is 41.4 Å². The Labute approximate surface area is 209 Å².